The number of nitrogens with two attached hydrogens (primary N) is 1. The molecule has 0 fully saturated rings. The Kier molecular flexibility index (Phi) is 4.77. The van der Waals surface area contributed by atoms with Gasteiger partial charge in [0.1, 0.15) is 0 Å². The van der Waals surface area contributed by atoms with Crippen LogP contribution >= 0.6 is 0 Å². The van der Waals surface area contributed by atoms with E-state index in [1.807, 2.05) is 25.4 Å². The van der Waals surface area contributed by atoms with Crippen molar-refractivity contribution in [2.75, 3.05) is 5.73 Å². The molecule has 5 nitrogen and oxygen atoms in total. The van der Waals surface area contributed by atoms with Gasteiger partial charge in [0, 0.05) is 37.1 Å². The van der Waals surface area contributed by atoms with Gasteiger partial charge in [0.15, 0.2) is 0 Å². The number of carbonyl (C=O) groups is 1. The summed E-state index contributed by atoms with van der Waals surface area (Å²) in [5.74, 6) is -0.127. The molecule has 0 aliphatic heterocycles. The van der Waals surface area contributed by atoms with Crippen LogP contribution in [-0.4, -0.2) is 15.7 Å². The van der Waals surface area contributed by atoms with Crippen LogP contribution in [0.5, 0.6) is 0 Å². The minimum absolute atomic E-state index is 0.127. The van der Waals surface area contributed by atoms with E-state index in [-0.39, 0.29) is 5.91 Å². The number of benzene rings is 1. The molecule has 3 N–H and O–H groups in total. The highest BCUT2D eigenvalue weighted by molar-refractivity contribution is 5.91. The molecule has 0 saturated carbocycles. The molecule has 0 saturated heterocycles. The van der Waals surface area contributed by atoms with Gasteiger partial charge in [-0.15, -0.1) is 0 Å². The standard InChI is InChI=1S/C16H20N4O/c1-3-15-13(11-20(2)19-15)10-18-16(21)9-6-12-4-7-14(17)8-5-12/h4-9,11H,3,10,17H2,1-2H3,(H,18,21)/b9-6+. The monoisotopic (exact) mass is 284 g/mol. The molecular formula is C16H20N4O. The average Bonchev–Trinajstić information content (AvgIpc) is 2.84. The number of nitrogens with one attached hydrogen (secondary N) is 1. The van der Waals surface area contributed by atoms with E-state index < -0.39 is 0 Å². The molecule has 1 heterocycles. The smallest absolute Gasteiger partial charge is 0.244 e. The number of aromatic nitrogens is 2. The number of hydrogen-bond donors (Lipinski definition) is 2. The first-order chi connectivity index (χ1) is 10.1. The first kappa shape index (κ1) is 14.8. The van der Waals surface area contributed by atoms with Gasteiger partial charge in [0.2, 0.25) is 5.91 Å². The first-order valence-corrected chi connectivity index (χ1v) is 6.91. The van der Waals surface area contributed by atoms with Crippen molar-refractivity contribution < 1.29 is 4.79 Å². The van der Waals surface area contributed by atoms with Crippen LogP contribution in [-0.2, 0) is 24.8 Å². The predicted octanol–water partition coefficient (Wildman–Crippen LogP) is 1.89. The van der Waals surface area contributed by atoms with Gasteiger partial charge < -0.3 is 11.1 Å². The SMILES string of the molecule is CCc1nn(C)cc1CNC(=O)/C=C/c1ccc(N)cc1. The van der Waals surface area contributed by atoms with E-state index in [4.69, 9.17) is 5.73 Å². The first-order valence-electron chi connectivity index (χ1n) is 6.91. The lowest BCUT2D eigenvalue weighted by atomic mass is 10.2. The van der Waals surface area contributed by atoms with Crippen molar-refractivity contribution in [1.82, 2.24) is 15.1 Å². The van der Waals surface area contributed by atoms with Crippen LogP contribution < -0.4 is 11.1 Å². The Labute approximate surface area is 124 Å². The molecular weight excluding hydrogens is 264 g/mol. The van der Waals surface area contributed by atoms with Crippen LogP contribution in [0.4, 0.5) is 5.69 Å². The van der Waals surface area contributed by atoms with Crippen LogP contribution in [0, 0.1) is 0 Å². The summed E-state index contributed by atoms with van der Waals surface area (Å²) in [7, 11) is 1.88. The summed E-state index contributed by atoms with van der Waals surface area (Å²) >= 11 is 0. The van der Waals surface area contributed by atoms with Gasteiger partial charge in [0.05, 0.1) is 5.69 Å². The Bertz CT molecular complexity index is 641. The molecule has 0 spiro atoms. The summed E-state index contributed by atoms with van der Waals surface area (Å²) in [6.45, 7) is 2.54. The number of nitrogen functional groups attached to an aromatic ring is 1. The molecule has 0 aliphatic rings. The van der Waals surface area contributed by atoms with Crippen LogP contribution in [0.15, 0.2) is 36.5 Å². The molecule has 1 aromatic heterocycles. The predicted molar refractivity (Wildman–Crippen MR) is 84.3 cm³/mol. The van der Waals surface area contributed by atoms with E-state index in [0.29, 0.717) is 12.2 Å². The molecule has 2 aromatic rings. The summed E-state index contributed by atoms with van der Waals surface area (Å²) in [6.07, 6.45) is 6.07. The molecule has 2 rings (SSSR count). The molecule has 1 amide bonds. The van der Waals surface area contributed by atoms with E-state index in [1.165, 1.54) is 6.08 Å². The second kappa shape index (κ2) is 6.74. The van der Waals surface area contributed by atoms with Crippen molar-refractivity contribution in [3.05, 3.63) is 53.4 Å². The summed E-state index contributed by atoms with van der Waals surface area (Å²) in [6, 6.07) is 7.35. The zero-order chi connectivity index (χ0) is 15.2. The number of aryl methyl sites for hydroxylation is 2. The van der Waals surface area contributed by atoms with Crippen molar-refractivity contribution in [3.63, 3.8) is 0 Å². The topological polar surface area (TPSA) is 72.9 Å². The molecule has 5 heteroatoms. The third-order valence-corrected chi connectivity index (χ3v) is 3.14. The average molecular weight is 284 g/mol. The van der Waals surface area contributed by atoms with Gasteiger partial charge in [-0.05, 0) is 30.2 Å². The van der Waals surface area contributed by atoms with Crippen LogP contribution in [0.3, 0.4) is 0 Å². The Hall–Kier alpha value is -2.56. The maximum Gasteiger partial charge on any atom is 0.244 e. The Morgan fingerprint density at radius 3 is 2.76 bits per heavy atom. The lowest BCUT2D eigenvalue weighted by molar-refractivity contribution is -0.116. The fourth-order valence-electron chi connectivity index (χ4n) is 2.05. The van der Waals surface area contributed by atoms with Crippen molar-refractivity contribution >= 4 is 17.7 Å². The Morgan fingerprint density at radius 2 is 2.10 bits per heavy atom. The maximum atomic E-state index is 11.8. The van der Waals surface area contributed by atoms with Crippen LogP contribution in [0.2, 0.25) is 0 Å². The van der Waals surface area contributed by atoms with E-state index in [1.54, 1.807) is 22.9 Å². The molecule has 0 aliphatic carbocycles. The highest BCUT2D eigenvalue weighted by Crippen LogP contribution is 2.08. The summed E-state index contributed by atoms with van der Waals surface area (Å²) in [5, 5.41) is 7.21. The van der Waals surface area contributed by atoms with Gasteiger partial charge in [-0.25, -0.2) is 0 Å². The maximum absolute atomic E-state index is 11.8. The number of hydrogen-bond acceptors (Lipinski definition) is 3. The van der Waals surface area contributed by atoms with Crippen molar-refractivity contribution in [1.29, 1.82) is 0 Å². The summed E-state index contributed by atoms with van der Waals surface area (Å²) < 4.78 is 1.77. The highest BCUT2D eigenvalue weighted by atomic mass is 16.1. The number of anilines is 1. The van der Waals surface area contributed by atoms with Gasteiger partial charge in [-0.3, -0.25) is 9.48 Å². The van der Waals surface area contributed by atoms with E-state index in [2.05, 4.69) is 17.3 Å². The molecule has 0 atom stereocenters. The fourth-order valence-corrected chi connectivity index (χ4v) is 2.05. The minimum Gasteiger partial charge on any atom is -0.399 e. The van der Waals surface area contributed by atoms with E-state index in [9.17, 15) is 4.79 Å². The molecule has 0 radical (unpaired) electrons. The number of nitrogens with zero attached hydrogens (tertiary/aromatic N) is 2. The lowest BCUT2D eigenvalue weighted by Crippen LogP contribution is -2.20. The fraction of sp³-hybridized carbons (Fsp3) is 0.250. The molecule has 110 valence electrons. The number of rotatable bonds is 5. The van der Waals surface area contributed by atoms with E-state index in [0.717, 1.165) is 23.2 Å². The highest BCUT2D eigenvalue weighted by Gasteiger charge is 2.06. The second-order valence-corrected chi connectivity index (χ2v) is 4.85. The van der Waals surface area contributed by atoms with Crippen molar-refractivity contribution in [2.24, 2.45) is 7.05 Å². The quantitative estimate of drug-likeness (QED) is 0.650. The zero-order valence-electron chi connectivity index (χ0n) is 12.3. The molecule has 1 aromatic carbocycles. The molecule has 0 bridgehead atoms. The second-order valence-electron chi connectivity index (χ2n) is 4.85. The van der Waals surface area contributed by atoms with Crippen molar-refractivity contribution in [3.8, 4) is 0 Å². The number of carbonyl (C=O) groups excluding carboxylic acids is 1. The third-order valence-electron chi connectivity index (χ3n) is 3.14. The molecule has 21 heavy (non-hydrogen) atoms. The summed E-state index contributed by atoms with van der Waals surface area (Å²) in [5.41, 5.74) is 9.33. The minimum atomic E-state index is -0.127. The van der Waals surface area contributed by atoms with Gasteiger partial charge >= 0.3 is 0 Å². The van der Waals surface area contributed by atoms with Gasteiger partial charge in [0.25, 0.3) is 0 Å². The van der Waals surface area contributed by atoms with E-state index >= 15 is 0 Å². The van der Waals surface area contributed by atoms with Crippen molar-refractivity contribution in [2.45, 2.75) is 19.9 Å². The van der Waals surface area contributed by atoms with Gasteiger partial charge in [-0.1, -0.05) is 19.1 Å². The Morgan fingerprint density at radius 1 is 1.38 bits per heavy atom. The van der Waals surface area contributed by atoms with Crippen LogP contribution in [0.25, 0.3) is 6.08 Å². The van der Waals surface area contributed by atoms with Crippen LogP contribution in [0.1, 0.15) is 23.7 Å². The van der Waals surface area contributed by atoms with Gasteiger partial charge in [-0.2, -0.15) is 5.10 Å². The third kappa shape index (κ3) is 4.21. The number of amides is 1. The zero-order valence-corrected chi connectivity index (χ0v) is 12.3. The lowest BCUT2D eigenvalue weighted by Gasteiger charge is -2.01. The largest absolute Gasteiger partial charge is 0.399 e. The molecule has 0 unspecified atom stereocenters. The normalized spacial score (nSPS) is 11.0. The Balaban J connectivity index is 1.91. The summed E-state index contributed by atoms with van der Waals surface area (Å²) in [4.78, 5) is 11.8.